The number of ether oxygens (including phenoxy) is 2. The van der Waals surface area contributed by atoms with Crippen molar-refractivity contribution in [3.05, 3.63) is 122 Å². The summed E-state index contributed by atoms with van der Waals surface area (Å²) in [5.74, 6) is 0.492. The van der Waals surface area contributed by atoms with Crippen molar-refractivity contribution in [1.29, 1.82) is 0 Å². The highest BCUT2D eigenvalue weighted by atomic mass is 35.5. The standard InChI is InChI=1S/C36H33Cl2N5O5/c1-36(2,3)48-35(46)43-30-17-23(19-39-32(30)41-34(43)45)31-26-18-24(37)12-16-29(26)42(20-21-9-13-25(47-4)14-10-21)33(44)28(40-31)15-11-22-7-5-6-8-27(22)38/h5-10,12-14,16-19,28H,11,15,20H2,1-4H3,(H,39,41,45). The van der Waals surface area contributed by atoms with Gasteiger partial charge in [0.05, 0.1) is 25.1 Å². The molecule has 1 aliphatic heterocycles. The molecule has 2 aromatic heterocycles. The van der Waals surface area contributed by atoms with Crippen molar-refractivity contribution in [1.82, 2.24) is 14.5 Å². The van der Waals surface area contributed by atoms with Crippen LogP contribution in [0.15, 0.2) is 88.8 Å². The molecule has 0 saturated heterocycles. The number of nitrogens with one attached hydrogen (secondary N) is 1. The summed E-state index contributed by atoms with van der Waals surface area (Å²) in [5, 5.41) is 1.05. The lowest BCUT2D eigenvalue weighted by Gasteiger charge is -2.26. The maximum atomic E-state index is 14.5. The van der Waals surface area contributed by atoms with Crippen molar-refractivity contribution in [2.45, 2.75) is 51.8 Å². The van der Waals surface area contributed by atoms with Gasteiger partial charge in [-0.15, -0.1) is 0 Å². The van der Waals surface area contributed by atoms with Crippen LogP contribution in [0.5, 0.6) is 5.75 Å². The number of benzodiazepines with no additional fused rings is 1. The molecule has 1 atom stereocenters. The minimum atomic E-state index is -0.845. The molecule has 1 unspecified atom stereocenters. The van der Waals surface area contributed by atoms with Crippen LogP contribution in [0, 0.1) is 0 Å². The van der Waals surface area contributed by atoms with E-state index in [0.717, 1.165) is 15.7 Å². The number of aliphatic imine (C=N–C) groups is 1. The van der Waals surface area contributed by atoms with E-state index in [1.54, 1.807) is 63.2 Å². The third kappa shape index (κ3) is 6.86. The van der Waals surface area contributed by atoms with Gasteiger partial charge in [0, 0.05) is 27.4 Å². The Hall–Kier alpha value is -4.93. The number of hydrogen-bond donors (Lipinski definition) is 1. The number of amides is 1. The number of rotatable bonds is 7. The van der Waals surface area contributed by atoms with E-state index in [0.29, 0.717) is 51.2 Å². The smallest absolute Gasteiger partial charge is 0.423 e. The van der Waals surface area contributed by atoms with Gasteiger partial charge in [-0.2, -0.15) is 4.57 Å². The zero-order valence-electron chi connectivity index (χ0n) is 26.8. The Morgan fingerprint density at radius 3 is 2.46 bits per heavy atom. The molecular weight excluding hydrogens is 653 g/mol. The third-order valence-electron chi connectivity index (χ3n) is 7.87. The molecule has 5 aromatic rings. The summed E-state index contributed by atoms with van der Waals surface area (Å²) in [6.07, 6.45) is 1.56. The molecule has 0 saturated carbocycles. The van der Waals surface area contributed by atoms with Crippen LogP contribution in [0.2, 0.25) is 10.0 Å². The number of methoxy groups -OCH3 is 1. The van der Waals surface area contributed by atoms with E-state index < -0.39 is 23.4 Å². The molecule has 0 fully saturated rings. The van der Waals surface area contributed by atoms with Crippen molar-refractivity contribution in [3.8, 4) is 5.75 Å². The van der Waals surface area contributed by atoms with Gasteiger partial charge in [-0.25, -0.2) is 14.6 Å². The monoisotopic (exact) mass is 685 g/mol. The molecule has 12 heteroatoms. The maximum absolute atomic E-state index is 14.5. The summed E-state index contributed by atoms with van der Waals surface area (Å²) in [5.41, 5.74) is 2.75. The minimum Gasteiger partial charge on any atom is -0.497 e. The van der Waals surface area contributed by atoms with Gasteiger partial charge in [0.15, 0.2) is 5.65 Å². The van der Waals surface area contributed by atoms with Crippen molar-refractivity contribution in [3.63, 3.8) is 0 Å². The Morgan fingerprint density at radius 1 is 1.00 bits per heavy atom. The number of hydrogen-bond acceptors (Lipinski definition) is 7. The van der Waals surface area contributed by atoms with Gasteiger partial charge in [0.2, 0.25) is 0 Å². The number of carbonyl (C=O) groups excluding carboxylic acids is 2. The topological polar surface area (TPSA) is 119 Å². The molecule has 10 nitrogen and oxygen atoms in total. The lowest BCUT2D eigenvalue weighted by molar-refractivity contribution is -0.120. The summed E-state index contributed by atoms with van der Waals surface area (Å²) < 4.78 is 11.7. The van der Waals surface area contributed by atoms with Gasteiger partial charge >= 0.3 is 11.8 Å². The van der Waals surface area contributed by atoms with Crippen LogP contribution in [0.1, 0.15) is 49.4 Å². The van der Waals surface area contributed by atoms with Crippen LogP contribution in [0.4, 0.5) is 10.5 Å². The normalized spacial score (nSPS) is 14.8. The summed E-state index contributed by atoms with van der Waals surface area (Å²) >= 11 is 13.1. The fraction of sp³-hybridized carbons (Fsp3) is 0.250. The number of halogens is 2. The Morgan fingerprint density at radius 2 is 1.75 bits per heavy atom. The molecule has 3 heterocycles. The van der Waals surface area contributed by atoms with Crippen LogP contribution in [-0.4, -0.2) is 51.0 Å². The average Bonchev–Trinajstić information content (AvgIpc) is 3.33. The van der Waals surface area contributed by atoms with Crippen molar-refractivity contribution >= 4 is 57.8 Å². The Labute approximate surface area is 286 Å². The second kappa shape index (κ2) is 13.3. The van der Waals surface area contributed by atoms with Crippen LogP contribution in [0.25, 0.3) is 11.2 Å². The molecule has 0 bridgehead atoms. The highest BCUT2D eigenvalue weighted by Crippen LogP contribution is 2.34. The number of imidazole rings is 1. The van der Waals surface area contributed by atoms with E-state index in [1.165, 1.54) is 0 Å². The number of nitrogens with zero attached hydrogens (tertiary/aromatic N) is 4. The SMILES string of the molecule is COc1ccc(CN2C(=O)C(CCc3ccccc3Cl)N=C(c3cnc4[nH]c(=O)n(C(=O)OC(C)(C)C)c4c3)c3cc(Cl)ccc32)cc1. The van der Waals surface area contributed by atoms with Crippen LogP contribution < -0.4 is 15.3 Å². The molecule has 0 radical (unpaired) electrons. The lowest BCUT2D eigenvalue weighted by atomic mass is 10.0. The lowest BCUT2D eigenvalue weighted by Crippen LogP contribution is -2.37. The summed E-state index contributed by atoms with van der Waals surface area (Å²) in [7, 11) is 1.60. The van der Waals surface area contributed by atoms with E-state index in [1.807, 2.05) is 48.5 Å². The molecule has 0 aliphatic carbocycles. The largest absolute Gasteiger partial charge is 0.497 e. The van der Waals surface area contributed by atoms with Crippen LogP contribution >= 0.6 is 23.2 Å². The predicted molar refractivity (Wildman–Crippen MR) is 187 cm³/mol. The summed E-state index contributed by atoms with van der Waals surface area (Å²) in [6, 6.07) is 21.1. The van der Waals surface area contributed by atoms with Gasteiger partial charge in [-0.05, 0) is 87.2 Å². The Kier molecular flexibility index (Phi) is 9.13. The molecule has 3 aromatic carbocycles. The van der Waals surface area contributed by atoms with E-state index in [9.17, 15) is 14.4 Å². The first-order chi connectivity index (χ1) is 22.9. The number of aromatic amines is 1. The number of fused-ring (bicyclic) bond motifs is 2. The maximum Gasteiger partial charge on any atom is 0.423 e. The first-order valence-corrected chi connectivity index (χ1v) is 16.1. The molecule has 1 aliphatic rings. The van der Waals surface area contributed by atoms with Gasteiger partial charge in [-0.3, -0.25) is 14.8 Å². The molecule has 6 rings (SSSR count). The van der Waals surface area contributed by atoms with Crippen LogP contribution in [-0.2, 0) is 22.5 Å². The number of H-pyrrole nitrogens is 1. The van der Waals surface area contributed by atoms with Crippen molar-refractivity contribution in [2.75, 3.05) is 12.0 Å². The highest BCUT2D eigenvalue weighted by molar-refractivity contribution is 6.32. The number of pyridine rings is 1. The molecule has 246 valence electrons. The molecular formula is C36H33Cl2N5O5. The number of carbonyl (C=O) groups is 2. The fourth-order valence-electron chi connectivity index (χ4n) is 5.61. The number of aryl methyl sites for hydroxylation is 1. The van der Waals surface area contributed by atoms with E-state index in [4.69, 9.17) is 37.7 Å². The molecule has 0 spiro atoms. The molecule has 1 N–H and O–H groups in total. The molecule has 1 amide bonds. The van der Waals surface area contributed by atoms with E-state index in [-0.39, 0.29) is 23.6 Å². The zero-order valence-corrected chi connectivity index (χ0v) is 28.3. The highest BCUT2D eigenvalue weighted by Gasteiger charge is 2.33. The van der Waals surface area contributed by atoms with Gasteiger partial charge < -0.3 is 14.4 Å². The summed E-state index contributed by atoms with van der Waals surface area (Å²) in [6.45, 7) is 5.41. The second-order valence-electron chi connectivity index (χ2n) is 12.4. The predicted octanol–water partition coefficient (Wildman–Crippen LogP) is 7.21. The van der Waals surface area contributed by atoms with E-state index >= 15 is 0 Å². The zero-order chi connectivity index (χ0) is 34.2. The van der Waals surface area contributed by atoms with Gasteiger partial charge in [-0.1, -0.05) is 53.5 Å². The first kappa shape index (κ1) is 33.0. The second-order valence-corrected chi connectivity index (χ2v) is 13.2. The number of anilines is 1. The van der Waals surface area contributed by atoms with Gasteiger partial charge in [0.1, 0.15) is 22.9 Å². The van der Waals surface area contributed by atoms with Crippen LogP contribution in [0.3, 0.4) is 0 Å². The average molecular weight is 687 g/mol. The van der Waals surface area contributed by atoms with Crippen molar-refractivity contribution < 1.29 is 19.1 Å². The Bertz CT molecular complexity index is 2110. The quantitative estimate of drug-likeness (QED) is 0.193. The van der Waals surface area contributed by atoms with Crippen molar-refractivity contribution in [2.24, 2.45) is 4.99 Å². The minimum absolute atomic E-state index is 0.197. The number of aromatic nitrogens is 3. The third-order valence-corrected chi connectivity index (χ3v) is 8.48. The number of benzene rings is 3. The Balaban J connectivity index is 1.50. The van der Waals surface area contributed by atoms with Gasteiger partial charge in [0.25, 0.3) is 5.91 Å². The fourth-order valence-corrected chi connectivity index (χ4v) is 6.01. The van der Waals surface area contributed by atoms with E-state index in [2.05, 4.69) is 9.97 Å². The summed E-state index contributed by atoms with van der Waals surface area (Å²) in [4.78, 5) is 54.4. The first-order valence-electron chi connectivity index (χ1n) is 15.3. The molecule has 48 heavy (non-hydrogen) atoms.